The van der Waals surface area contributed by atoms with Crippen LogP contribution in [0.2, 0.25) is 0 Å². The molecular weight excluding hydrogens is 240 g/mol. The molecule has 0 unspecified atom stereocenters. The lowest BCUT2D eigenvalue weighted by Gasteiger charge is -1.98. The van der Waals surface area contributed by atoms with Crippen molar-refractivity contribution in [1.29, 1.82) is 0 Å². The largest absolute Gasteiger partial charge is 0.328 e. The maximum absolute atomic E-state index is 12.0. The van der Waals surface area contributed by atoms with Gasteiger partial charge >= 0.3 is 5.69 Å². The van der Waals surface area contributed by atoms with Crippen molar-refractivity contribution in [3.8, 4) is 0 Å². The van der Waals surface area contributed by atoms with Crippen molar-refractivity contribution in [1.82, 2.24) is 19.5 Å². The van der Waals surface area contributed by atoms with E-state index < -0.39 is 5.69 Å². The second-order valence-electron chi connectivity index (χ2n) is 3.50. The first-order chi connectivity index (χ1) is 8.22. The van der Waals surface area contributed by atoms with Crippen molar-refractivity contribution in [2.24, 2.45) is 0 Å². The molecule has 6 nitrogen and oxygen atoms in total. The van der Waals surface area contributed by atoms with E-state index >= 15 is 0 Å². The van der Waals surface area contributed by atoms with Crippen LogP contribution in [0, 0.1) is 0 Å². The molecule has 1 N–H and O–H groups in total. The first-order valence-corrected chi connectivity index (χ1v) is 5.90. The van der Waals surface area contributed by atoms with Crippen molar-refractivity contribution in [3.05, 3.63) is 33.2 Å². The molecule has 3 aromatic heterocycles. The third-order valence-electron chi connectivity index (χ3n) is 2.56. The van der Waals surface area contributed by atoms with Crippen LogP contribution in [0.25, 0.3) is 20.6 Å². The molecule has 3 rings (SSSR count). The van der Waals surface area contributed by atoms with E-state index in [4.69, 9.17) is 0 Å². The van der Waals surface area contributed by atoms with E-state index in [0.717, 1.165) is 4.57 Å². The Morgan fingerprint density at radius 1 is 1.35 bits per heavy atom. The van der Waals surface area contributed by atoms with Gasteiger partial charge in [0.1, 0.15) is 15.0 Å². The Labute approximate surface area is 98.6 Å². The molecule has 17 heavy (non-hydrogen) atoms. The molecule has 0 radical (unpaired) electrons. The lowest BCUT2D eigenvalue weighted by molar-refractivity contribution is 0.685. The number of aromatic nitrogens is 4. The average Bonchev–Trinajstić information content (AvgIpc) is 2.69. The fraction of sp³-hybridized carbons (Fsp3) is 0.200. The molecule has 0 aliphatic heterocycles. The number of hydrogen-bond donors (Lipinski definition) is 1. The standard InChI is InChI=1S/C10H8N4O2S/c1-2-14-9(15)7-5(13-10(14)16)6-8(17-7)12-4-3-11-6/h3-4H,2H2,1H3,(H,13,16). The van der Waals surface area contributed by atoms with Gasteiger partial charge in [0, 0.05) is 18.9 Å². The molecule has 0 saturated carbocycles. The van der Waals surface area contributed by atoms with Crippen LogP contribution in [0.5, 0.6) is 0 Å². The highest BCUT2D eigenvalue weighted by Gasteiger charge is 2.13. The monoisotopic (exact) mass is 248 g/mol. The molecule has 0 bridgehead atoms. The topological polar surface area (TPSA) is 80.6 Å². The normalized spacial score (nSPS) is 11.4. The van der Waals surface area contributed by atoms with E-state index in [-0.39, 0.29) is 5.56 Å². The van der Waals surface area contributed by atoms with Gasteiger partial charge in [-0.05, 0) is 6.92 Å². The van der Waals surface area contributed by atoms with Crippen LogP contribution in [-0.4, -0.2) is 19.5 Å². The minimum absolute atomic E-state index is 0.281. The Hall–Kier alpha value is -2.02. The van der Waals surface area contributed by atoms with E-state index in [1.165, 1.54) is 17.5 Å². The average molecular weight is 248 g/mol. The summed E-state index contributed by atoms with van der Waals surface area (Å²) in [7, 11) is 0. The van der Waals surface area contributed by atoms with Gasteiger partial charge < -0.3 is 4.98 Å². The Kier molecular flexibility index (Phi) is 2.08. The molecule has 7 heteroatoms. The minimum atomic E-state index is -0.407. The first kappa shape index (κ1) is 10.2. The molecule has 3 heterocycles. The van der Waals surface area contributed by atoms with E-state index in [2.05, 4.69) is 15.0 Å². The molecular formula is C10H8N4O2S. The zero-order valence-electron chi connectivity index (χ0n) is 8.93. The van der Waals surface area contributed by atoms with Crippen LogP contribution < -0.4 is 11.2 Å². The van der Waals surface area contributed by atoms with Gasteiger partial charge in [-0.2, -0.15) is 0 Å². The van der Waals surface area contributed by atoms with Gasteiger partial charge in [-0.1, -0.05) is 0 Å². The molecule has 0 fully saturated rings. The maximum Gasteiger partial charge on any atom is 0.328 e. The third-order valence-corrected chi connectivity index (χ3v) is 3.63. The lowest BCUT2D eigenvalue weighted by atomic mass is 10.4. The van der Waals surface area contributed by atoms with Crippen LogP contribution in [0.3, 0.4) is 0 Å². The van der Waals surface area contributed by atoms with Gasteiger partial charge in [-0.3, -0.25) is 9.36 Å². The highest BCUT2D eigenvalue weighted by Crippen LogP contribution is 2.25. The van der Waals surface area contributed by atoms with E-state index in [1.807, 2.05) is 0 Å². The van der Waals surface area contributed by atoms with Crippen LogP contribution in [-0.2, 0) is 6.54 Å². The molecule has 0 saturated heterocycles. The summed E-state index contributed by atoms with van der Waals surface area (Å²) < 4.78 is 1.66. The van der Waals surface area contributed by atoms with Crippen molar-refractivity contribution in [3.63, 3.8) is 0 Å². The Morgan fingerprint density at radius 2 is 2.12 bits per heavy atom. The summed E-state index contributed by atoms with van der Waals surface area (Å²) in [4.78, 5) is 35.4. The quantitative estimate of drug-likeness (QED) is 0.688. The van der Waals surface area contributed by atoms with Crippen molar-refractivity contribution < 1.29 is 0 Å². The highest BCUT2D eigenvalue weighted by atomic mass is 32.1. The number of aromatic amines is 1. The predicted octanol–water partition coefficient (Wildman–Crippen LogP) is 0.714. The SMILES string of the molecule is CCn1c(=O)[nH]c2c(sc3nccnc32)c1=O. The van der Waals surface area contributed by atoms with E-state index in [1.54, 1.807) is 13.1 Å². The van der Waals surface area contributed by atoms with Crippen molar-refractivity contribution in [2.75, 3.05) is 0 Å². The maximum atomic E-state index is 12.0. The van der Waals surface area contributed by atoms with Crippen molar-refractivity contribution in [2.45, 2.75) is 13.5 Å². The van der Waals surface area contributed by atoms with Crippen LogP contribution in [0.1, 0.15) is 6.92 Å². The fourth-order valence-corrected chi connectivity index (χ4v) is 2.78. The number of nitrogens with zero attached hydrogens (tertiary/aromatic N) is 3. The zero-order valence-corrected chi connectivity index (χ0v) is 9.74. The van der Waals surface area contributed by atoms with Gasteiger partial charge in [0.2, 0.25) is 0 Å². The predicted molar refractivity (Wildman–Crippen MR) is 65.5 cm³/mol. The summed E-state index contributed by atoms with van der Waals surface area (Å²) >= 11 is 1.25. The molecule has 3 aromatic rings. The van der Waals surface area contributed by atoms with Gasteiger partial charge in [0.05, 0.1) is 5.52 Å². The summed E-state index contributed by atoms with van der Waals surface area (Å²) in [6.45, 7) is 2.10. The third kappa shape index (κ3) is 1.32. The van der Waals surface area contributed by atoms with Gasteiger partial charge in [0.15, 0.2) is 0 Å². The summed E-state index contributed by atoms with van der Waals surface area (Å²) in [6.07, 6.45) is 3.10. The molecule has 0 aliphatic rings. The smallest absolute Gasteiger partial charge is 0.304 e. The number of nitrogens with one attached hydrogen (secondary N) is 1. The lowest BCUT2D eigenvalue weighted by Crippen LogP contribution is -2.33. The summed E-state index contributed by atoms with van der Waals surface area (Å²) in [5.41, 5.74) is 0.370. The van der Waals surface area contributed by atoms with Crippen molar-refractivity contribution >= 4 is 31.9 Å². The van der Waals surface area contributed by atoms with Crippen LogP contribution >= 0.6 is 11.3 Å². The fourth-order valence-electron chi connectivity index (χ4n) is 1.77. The zero-order chi connectivity index (χ0) is 12.0. The number of thiophene rings is 1. The Balaban J connectivity index is 2.63. The van der Waals surface area contributed by atoms with Gasteiger partial charge in [0.25, 0.3) is 5.56 Å². The number of rotatable bonds is 1. The highest BCUT2D eigenvalue weighted by molar-refractivity contribution is 7.25. The van der Waals surface area contributed by atoms with Crippen LogP contribution in [0.15, 0.2) is 22.0 Å². The summed E-state index contributed by atoms with van der Waals surface area (Å²) in [5.74, 6) is 0. The van der Waals surface area contributed by atoms with Crippen LogP contribution in [0.4, 0.5) is 0 Å². The molecule has 86 valence electrons. The van der Waals surface area contributed by atoms with Gasteiger partial charge in [-0.25, -0.2) is 14.8 Å². The summed E-state index contributed by atoms with van der Waals surface area (Å²) in [6, 6.07) is 0. The number of H-pyrrole nitrogens is 1. The molecule has 0 atom stereocenters. The van der Waals surface area contributed by atoms with E-state index in [9.17, 15) is 9.59 Å². The Bertz CT molecular complexity index is 830. The summed E-state index contributed by atoms with van der Waals surface area (Å²) in [5, 5.41) is 0. The molecule has 0 aromatic carbocycles. The first-order valence-electron chi connectivity index (χ1n) is 5.08. The Morgan fingerprint density at radius 3 is 2.88 bits per heavy atom. The second-order valence-corrected chi connectivity index (χ2v) is 4.49. The van der Waals surface area contributed by atoms with Gasteiger partial charge in [-0.15, -0.1) is 11.3 Å². The molecule has 0 spiro atoms. The molecule has 0 aliphatic carbocycles. The minimum Gasteiger partial charge on any atom is -0.304 e. The number of fused-ring (bicyclic) bond motifs is 3. The van der Waals surface area contributed by atoms with E-state index in [0.29, 0.717) is 27.1 Å². The number of hydrogen-bond acceptors (Lipinski definition) is 5. The second kappa shape index (κ2) is 3.49. The molecule has 0 amide bonds.